The van der Waals surface area contributed by atoms with E-state index in [9.17, 15) is 4.39 Å². The van der Waals surface area contributed by atoms with Crippen LogP contribution in [0.1, 0.15) is 5.56 Å². The molecule has 0 fully saturated rings. The number of hydrogen-bond donors (Lipinski definition) is 2. The van der Waals surface area contributed by atoms with Gasteiger partial charge in [-0.15, -0.1) is 0 Å². The van der Waals surface area contributed by atoms with Gasteiger partial charge in [-0.1, -0.05) is 17.7 Å². The Bertz CT molecular complexity index is 724. The highest BCUT2D eigenvalue weighted by Crippen LogP contribution is 2.20. The van der Waals surface area contributed by atoms with Crippen molar-refractivity contribution in [3.05, 3.63) is 59.0 Å². The molecular weight excluding hydrogens is 265 g/mol. The molecule has 0 aliphatic rings. The zero-order valence-corrected chi connectivity index (χ0v) is 10.7. The zero-order valence-electron chi connectivity index (χ0n) is 9.95. The van der Waals surface area contributed by atoms with Gasteiger partial charge in [-0.05, 0) is 35.9 Å². The molecular formula is C14H11ClFN3. The summed E-state index contributed by atoms with van der Waals surface area (Å²) in [6.45, 7) is 0.540. The fourth-order valence-corrected chi connectivity index (χ4v) is 2.14. The molecule has 0 amide bonds. The lowest BCUT2D eigenvalue weighted by Crippen LogP contribution is -2.00. The SMILES string of the molecule is Fc1ccc(CNc2ccc3cn[nH]c3c2)c(Cl)c1. The Morgan fingerprint density at radius 1 is 1.21 bits per heavy atom. The summed E-state index contributed by atoms with van der Waals surface area (Å²) < 4.78 is 12.9. The summed E-state index contributed by atoms with van der Waals surface area (Å²) in [4.78, 5) is 0. The molecule has 2 aromatic carbocycles. The van der Waals surface area contributed by atoms with E-state index in [2.05, 4.69) is 15.5 Å². The molecule has 0 spiro atoms. The Balaban J connectivity index is 1.77. The molecule has 0 unspecified atom stereocenters. The molecule has 0 aliphatic heterocycles. The van der Waals surface area contributed by atoms with Gasteiger partial charge < -0.3 is 5.32 Å². The van der Waals surface area contributed by atoms with E-state index in [1.54, 1.807) is 12.3 Å². The van der Waals surface area contributed by atoms with Gasteiger partial charge in [0.25, 0.3) is 0 Å². The highest BCUT2D eigenvalue weighted by atomic mass is 35.5. The molecule has 0 radical (unpaired) electrons. The summed E-state index contributed by atoms with van der Waals surface area (Å²) in [6, 6.07) is 10.3. The third kappa shape index (κ3) is 2.53. The number of H-pyrrole nitrogens is 1. The molecule has 3 aromatic rings. The van der Waals surface area contributed by atoms with Gasteiger partial charge in [0.2, 0.25) is 0 Å². The summed E-state index contributed by atoms with van der Waals surface area (Å²) in [5.41, 5.74) is 2.78. The van der Waals surface area contributed by atoms with E-state index in [1.165, 1.54) is 12.1 Å². The fraction of sp³-hybridized carbons (Fsp3) is 0.0714. The average Bonchev–Trinajstić information content (AvgIpc) is 2.85. The Hall–Kier alpha value is -2.07. The van der Waals surface area contributed by atoms with Gasteiger partial charge in [-0.2, -0.15) is 5.10 Å². The van der Waals surface area contributed by atoms with E-state index in [4.69, 9.17) is 11.6 Å². The first-order valence-corrected chi connectivity index (χ1v) is 6.21. The van der Waals surface area contributed by atoms with Gasteiger partial charge in [0.15, 0.2) is 0 Å². The average molecular weight is 276 g/mol. The van der Waals surface area contributed by atoms with E-state index in [1.807, 2.05) is 18.2 Å². The minimum atomic E-state index is -0.326. The normalized spacial score (nSPS) is 10.8. The summed E-state index contributed by atoms with van der Waals surface area (Å²) in [5.74, 6) is -0.326. The van der Waals surface area contributed by atoms with Crippen molar-refractivity contribution in [3.8, 4) is 0 Å². The van der Waals surface area contributed by atoms with Crippen LogP contribution < -0.4 is 5.32 Å². The number of aromatic nitrogens is 2. The lowest BCUT2D eigenvalue weighted by Gasteiger charge is -2.08. The van der Waals surface area contributed by atoms with Crippen molar-refractivity contribution < 1.29 is 4.39 Å². The zero-order chi connectivity index (χ0) is 13.2. The number of benzene rings is 2. The van der Waals surface area contributed by atoms with Crippen molar-refractivity contribution in [2.75, 3.05) is 5.32 Å². The maximum absolute atomic E-state index is 12.9. The molecule has 2 N–H and O–H groups in total. The first-order chi connectivity index (χ1) is 9.22. The summed E-state index contributed by atoms with van der Waals surface area (Å²) in [5, 5.41) is 11.6. The molecule has 96 valence electrons. The summed E-state index contributed by atoms with van der Waals surface area (Å²) in [6.07, 6.45) is 1.77. The molecule has 0 saturated heterocycles. The number of rotatable bonds is 3. The van der Waals surface area contributed by atoms with Gasteiger partial charge in [-0.3, -0.25) is 5.10 Å². The highest BCUT2D eigenvalue weighted by molar-refractivity contribution is 6.31. The van der Waals surface area contributed by atoms with Gasteiger partial charge >= 0.3 is 0 Å². The van der Waals surface area contributed by atoms with Crippen molar-refractivity contribution in [3.63, 3.8) is 0 Å². The van der Waals surface area contributed by atoms with Crippen molar-refractivity contribution >= 4 is 28.2 Å². The number of anilines is 1. The number of fused-ring (bicyclic) bond motifs is 1. The minimum absolute atomic E-state index is 0.326. The summed E-state index contributed by atoms with van der Waals surface area (Å²) in [7, 11) is 0. The largest absolute Gasteiger partial charge is 0.381 e. The molecule has 1 heterocycles. The monoisotopic (exact) mass is 275 g/mol. The Morgan fingerprint density at radius 3 is 2.95 bits per heavy atom. The molecule has 3 rings (SSSR count). The minimum Gasteiger partial charge on any atom is -0.381 e. The van der Waals surface area contributed by atoms with Crippen LogP contribution in [-0.4, -0.2) is 10.2 Å². The van der Waals surface area contributed by atoms with Crippen LogP contribution in [0.2, 0.25) is 5.02 Å². The second-order valence-electron chi connectivity index (χ2n) is 4.26. The van der Waals surface area contributed by atoms with Crippen molar-refractivity contribution in [2.24, 2.45) is 0 Å². The van der Waals surface area contributed by atoms with Gasteiger partial charge in [0.1, 0.15) is 5.82 Å². The van der Waals surface area contributed by atoms with Crippen LogP contribution in [-0.2, 0) is 6.54 Å². The smallest absolute Gasteiger partial charge is 0.124 e. The maximum Gasteiger partial charge on any atom is 0.124 e. The second kappa shape index (κ2) is 4.90. The first kappa shape index (κ1) is 12.0. The van der Waals surface area contributed by atoms with E-state index in [-0.39, 0.29) is 5.82 Å². The van der Waals surface area contributed by atoms with Crippen LogP contribution >= 0.6 is 11.6 Å². The molecule has 3 nitrogen and oxygen atoms in total. The predicted molar refractivity (Wildman–Crippen MR) is 74.8 cm³/mol. The number of aromatic amines is 1. The van der Waals surface area contributed by atoms with Crippen LogP contribution in [0.5, 0.6) is 0 Å². The van der Waals surface area contributed by atoms with Crippen molar-refractivity contribution in [1.82, 2.24) is 10.2 Å². The van der Waals surface area contributed by atoms with E-state index in [0.29, 0.717) is 11.6 Å². The Morgan fingerprint density at radius 2 is 2.11 bits per heavy atom. The van der Waals surface area contributed by atoms with Crippen LogP contribution in [0.15, 0.2) is 42.6 Å². The van der Waals surface area contributed by atoms with Gasteiger partial charge in [0, 0.05) is 22.6 Å². The van der Waals surface area contributed by atoms with Crippen molar-refractivity contribution in [1.29, 1.82) is 0 Å². The molecule has 19 heavy (non-hydrogen) atoms. The quantitative estimate of drug-likeness (QED) is 0.759. The first-order valence-electron chi connectivity index (χ1n) is 5.83. The highest BCUT2D eigenvalue weighted by Gasteiger charge is 2.03. The lowest BCUT2D eigenvalue weighted by atomic mass is 10.2. The Kier molecular flexibility index (Phi) is 3.09. The predicted octanol–water partition coefficient (Wildman–Crippen LogP) is 3.97. The van der Waals surface area contributed by atoms with Gasteiger partial charge in [-0.25, -0.2) is 4.39 Å². The molecule has 1 aromatic heterocycles. The van der Waals surface area contributed by atoms with Crippen molar-refractivity contribution in [2.45, 2.75) is 6.54 Å². The number of nitrogens with zero attached hydrogens (tertiary/aromatic N) is 1. The third-order valence-electron chi connectivity index (χ3n) is 2.94. The van der Waals surface area contributed by atoms with Crippen LogP contribution in [0.3, 0.4) is 0 Å². The molecule has 0 aliphatic carbocycles. The van der Waals surface area contributed by atoms with E-state index < -0.39 is 0 Å². The molecule has 0 bridgehead atoms. The Labute approximate surface area is 114 Å². The van der Waals surface area contributed by atoms with E-state index >= 15 is 0 Å². The number of nitrogens with one attached hydrogen (secondary N) is 2. The lowest BCUT2D eigenvalue weighted by molar-refractivity contribution is 0.627. The number of halogens is 2. The summed E-state index contributed by atoms with van der Waals surface area (Å²) >= 11 is 5.98. The van der Waals surface area contributed by atoms with E-state index in [0.717, 1.165) is 22.2 Å². The van der Waals surface area contributed by atoms with Crippen LogP contribution in [0.4, 0.5) is 10.1 Å². The van der Waals surface area contributed by atoms with Crippen LogP contribution in [0.25, 0.3) is 10.9 Å². The molecule has 0 saturated carbocycles. The molecule has 0 atom stereocenters. The standard InChI is InChI=1S/C14H11ClFN3/c15-13-5-11(16)3-1-9(13)7-17-12-4-2-10-8-18-19-14(10)6-12/h1-6,8,17H,7H2,(H,18,19). The topological polar surface area (TPSA) is 40.7 Å². The maximum atomic E-state index is 12.9. The second-order valence-corrected chi connectivity index (χ2v) is 4.67. The van der Waals surface area contributed by atoms with Gasteiger partial charge in [0.05, 0.1) is 11.7 Å². The number of hydrogen-bond acceptors (Lipinski definition) is 2. The fourth-order valence-electron chi connectivity index (χ4n) is 1.91. The molecule has 5 heteroatoms. The third-order valence-corrected chi connectivity index (χ3v) is 3.29. The van der Waals surface area contributed by atoms with Crippen LogP contribution in [0, 0.1) is 5.82 Å².